The van der Waals surface area contributed by atoms with Crippen LogP contribution in [0.1, 0.15) is 5.56 Å². The van der Waals surface area contributed by atoms with Gasteiger partial charge in [-0.05, 0) is 42.8 Å². The van der Waals surface area contributed by atoms with Gasteiger partial charge in [-0.3, -0.25) is 4.98 Å². The SMILES string of the molecule is Cc1ccc(F)c(Oc2c(N)cnc3ccc(Br)cc23)c1. The van der Waals surface area contributed by atoms with Crippen LogP contribution in [0, 0.1) is 12.7 Å². The summed E-state index contributed by atoms with van der Waals surface area (Å²) in [7, 11) is 0. The van der Waals surface area contributed by atoms with Crippen LogP contribution < -0.4 is 10.5 Å². The summed E-state index contributed by atoms with van der Waals surface area (Å²) in [5.74, 6) is 0.125. The van der Waals surface area contributed by atoms with E-state index in [2.05, 4.69) is 20.9 Å². The fourth-order valence-corrected chi connectivity index (χ4v) is 2.43. The van der Waals surface area contributed by atoms with E-state index in [1.54, 1.807) is 12.1 Å². The Balaban J connectivity index is 2.17. The van der Waals surface area contributed by atoms with Crippen LogP contribution in [-0.4, -0.2) is 4.98 Å². The molecule has 0 bridgehead atoms. The van der Waals surface area contributed by atoms with E-state index in [-0.39, 0.29) is 5.75 Å². The number of anilines is 1. The molecule has 0 unspecified atom stereocenters. The Morgan fingerprint density at radius 3 is 2.81 bits per heavy atom. The zero-order valence-corrected chi connectivity index (χ0v) is 12.8. The van der Waals surface area contributed by atoms with Gasteiger partial charge in [0, 0.05) is 9.86 Å². The number of pyridine rings is 1. The molecule has 0 saturated heterocycles. The molecule has 3 nitrogen and oxygen atoms in total. The van der Waals surface area contributed by atoms with E-state index < -0.39 is 5.82 Å². The van der Waals surface area contributed by atoms with Crippen LogP contribution in [0.15, 0.2) is 47.1 Å². The largest absolute Gasteiger partial charge is 0.451 e. The number of hydrogen-bond acceptors (Lipinski definition) is 3. The van der Waals surface area contributed by atoms with E-state index in [1.807, 2.05) is 25.1 Å². The Hall–Kier alpha value is -2.14. The summed E-state index contributed by atoms with van der Waals surface area (Å²) >= 11 is 3.40. The number of fused-ring (bicyclic) bond motifs is 1. The van der Waals surface area contributed by atoms with E-state index in [0.717, 1.165) is 20.9 Å². The van der Waals surface area contributed by atoms with Gasteiger partial charge >= 0.3 is 0 Å². The van der Waals surface area contributed by atoms with E-state index in [0.29, 0.717) is 11.4 Å². The normalized spacial score (nSPS) is 10.8. The molecule has 2 aromatic carbocycles. The smallest absolute Gasteiger partial charge is 0.165 e. The summed E-state index contributed by atoms with van der Waals surface area (Å²) in [6, 6.07) is 10.3. The first-order valence-electron chi connectivity index (χ1n) is 6.32. The lowest BCUT2D eigenvalue weighted by Crippen LogP contribution is -1.97. The second-order valence-electron chi connectivity index (χ2n) is 4.74. The maximum Gasteiger partial charge on any atom is 0.165 e. The number of benzene rings is 2. The Labute approximate surface area is 129 Å². The van der Waals surface area contributed by atoms with Crippen LogP contribution in [0.25, 0.3) is 10.9 Å². The molecule has 0 aliphatic heterocycles. The van der Waals surface area contributed by atoms with Gasteiger partial charge in [-0.25, -0.2) is 4.39 Å². The minimum atomic E-state index is -0.431. The van der Waals surface area contributed by atoms with Crippen molar-refractivity contribution in [3.63, 3.8) is 0 Å². The summed E-state index contributed by atoms with van der Waals surface area (Å²) in [6.45, 7) is 1.87. The molecule has 0 atom stereocenters. The lowest BCUT2D eigenvalue weighted by Gasteiger charge is -2.12. The zero-order chi connectivity index (χ0) is 15.0. The lowest BCUT2D eigenvalue weighted by atomic mass is 10.2. The average Bonchev–Trinajstić information content (AvgIpc) is 2.46. The third-order valence-corrected chi connectivity index (χ3v) is 3.60. The van der Waals surface area contributed by atoms with Gasteiger partial charge in [-0.2, -0.15) is 0 Å². The molecule has 1 aromatic heterocycles. The first-order chi connectivity index (χ1) is 10.0. The fourth-order valence-electron chi connectivity index (χ4n) is 2.07. The number of nitrogens with zero attached hydrogens (tertiary/aromatic N) is 1. The molecule has 3 rings (SSSR count). The highest BCUT2D eigenvalue weighted by molar-refractivity contribution is 9.10. The van der Waals surface area contributed by atoms with Gasteiger partial charge in [0.15, 0.2) is 17.3 Å². The van der Waals surface area contributed by atoms with Gasteiger partial charge in [0.1, 0.15) is 0 Å². The molecule has 1 heterocycles. The first-order valence-corrected chi connectivity index (χ1v) is 7.11. The van der Waals surface area contributed by atoms with Crippen molar-refractivity contribution in [3.8, 4) is 11.5 Å². The molecule has 0 aliphatic carbocycles. The van der Waals surface area contributed by atoms with E-state index >= 15 is 0 Å². The highest BCUT2D eigenvalue weighted by atomic mass is 79.9. The summed E-state index contributed by atoms with van der Waals surface area (Å²) in [6.07, 6.45) is 1.51. The monoisotopic (exact) mass is 346 g/mol. The van der Waals surface area contributed by atoms with Gasteiger partial charge in [0.2, 0.25) is 0 Å². The molecular weight excluding hydrogens is 335 g/mol. The predicted molar refractivity (Wildman–Crippen MR) is 85.1 cm³/mol. The molecule has 0 aliphatic rings. The third kappa shape index (κ3) is 2.69. The van der Waals surface area contributed by atoms with E-state index in [4.69, 9.17) is 10.5 Å². The molecule has 0 saturated carbocycles. The maximum absolute atomic E-state index is 13.9. The Kier molecular flexibility index (Phi) is 3.51. The predicted octanol–water partition coefficient (Wildman–Crippen LogP) is 4.82. The highest BCUT2D eigenvalue weighted by Gasteiger charge is 2.12. The van der Waals surface area contributed by atoms with Gasteiger partial charge in [-0.15, -0.1) is 0 Å². The minimum absolute atomic E-state index is 0.147. The van der Waals surface area contributed by atoms with E-state index in [9.17, 15) is 4.39 Å². The maximum atomic E-state index is 13.9. The molecule has 0 amide bonds. The van der Waals surface area contributed by atoms with Crippen molar-refractivity contribution in [2.24, 2.45) is 0 Å². The van der Waals surface area contributed by atoms with Crippen LogP contribution in [0.2, 0.25) is 0 Å². The van der Waals surface area contributed by atoms with Crippen LogP contribution in [-0.2, 0) is 0 Å². The second-order valence-corrected chi connectivity index (χ2v) is 5.66. The van der Waals surface area contributed by atoms with Crippen LogP contribution in [0.3, 0.4) is 0 Å². The zero-order valence-electron chi connectivity index (χ0n) is 11.2. The number of rotatable bonds is 2. The van der Waals surface area contributed by atoms with Crippen molar-refractivity contribution in [2.45, 2.75) is 6.92 Å². The molecule has 5 heteroatoms. The fraction of sp³-hybridized carbons (Fsp3) is 0.0625. The van der Waals surface area contributed by atoms with Crippen molar-refractivity contribution in [1.82, 2.24) is 4.98 Å². The Morgan fingerprint density at radius 2 is 2.00 bits per heavy atom. The number of nitrogens with two attached hydrogens (primary N) is 1. The van der Waals surface area contributed by atoms with E-state index in [1.165, 1.54) is 12.3 Å². The lowest BCUT2D eigenvalue weighted by molar-refractivity contribution is 0.447. The molecule has 0 radical (unpaired) electrons. The minimum Gasteiger partial charge on any atom is -0.451 e. The van der Waals surface area contributed by atoms with Crippen molar-refractivity contribution >= 4 is 32.5 Å². The van der Waals surface area contributed by atoms with Gasteiger partial charge in [0.05, 0.1) is 17.4 Å². The van der Waals surface area contributed by atoms with Crippen molar-refractivity contribution in [1.29, 1.82) is 0 Å². The first kappa shape index (κ1) is 13.8. The van der Waals surface area contributed by atoms with Crippen molar-refractivity contribution < 1.29 is 9.13 Å². The Bertz CT molecular complexity index is 831. The van der Waals surface area contributed by atoms with Crippen LogP contribution >= 0.6 is 15.9 Å². The van der Waals surface area contributed by atoms with Crippen molar-refractivity contribution in [3.05, 3.63) is 58.4 Å². The molecule has 0 fully saturated rings. The summed E-state index contributed by atoms with van der Waals surface area (Å²) in [5.41, 5.74) is 7.95. The molecule has 3 aromatic rings. The number of hydrogen-bond donors (Lipinski definition) is 1. The van der Waals surface area contributed by atoms with Crippen LogP contribution in [0.5, 0.6) is 11.5 Å². The number of ether oxygens (including phenoxy) is 1. The number of halogens is 2. The van der Waals surface area contributed by atoms with Gasteiger partial charge in [-0.1, -0.05) is 22.0 Å². The standard InChI is InChI=1S/C16H12BrFN2O/c1-9-2-4-12(18)15(6-9)21-16-11-7-10(17)3-5-14(11)20-8-13(16)19/h2-8H,19H2,1H3. The van der Waals surface area contributed by atoms with Gasteiger partial charge < -0.3 is 10.5 Å². The number of aromatic nitrogens is 1. The average molecular weight is 347 g/mol. The molecule has 21 heavy (non-hydrogen) atoms. The van der Waals surface area contributed by atoms with Gasteiger partial charge in [0.25, 0.3) is 0 Å². The second kappa shape index (κ2) is 5.33. The molecule has 106 valence electrons. The molecule has 0 spiro atoms. The quantitative estimate of drug-likeness (QED) is 0.723. The summed E-state index contributed by atoms with van der Waals surface area (Å²) in [5, 5.41) is 0.727. The number of aryl methyl sites for hydroxylation is 1. The van der Waals surface area contributed by atoms with Crippen LogP contribution in [0.4, 0.5) is 10.1 Å². The summed E-state index contributed by atoms with van der Waals surface area (Å²) < 4.78 is 20.5. The van der Waals surface area contributed by atoms with Crippen molar-refractivity contribution in [2.75, 3.05) is 5.73 Å². The topological polar surface area (TPSA) is 48.1 Å². The summed E-state index contributed by atoms with van der Waals surface area (Å²) in [4.78, 5) is 4.24. The third-order valence-electron chi connectivity index (χ3n) is 3.11. The Morgan fingerprint density at radius 1 is 1.19 bits per heavy atom. The number of nitrogen functional groups attached to an aromatic ring is 1. The molecule has 2 N–H and O–H groups in total. The highest BCUT2D eigenvalue weighted by Crippen LogP contribution is 2.36. The molecular formula is C16H12BrFN2O.